The summed E-state index contributed by atoms with van der Waals surface area (Å²) in [6.45, 7) is 0. The molecule has 0 aliphatic heterocycles. The van der Waals surface area contributed by atoms with Gasteiger partial charge in [0.2, 0.25) is 0 Å². The molecule has 252 valence electrons. The molecule has 4 heteroatoms. The van der Waals surface area contributed by atoms with Crippen LogP contribution >= 0.6 is 0 Å². The fraction of sp³-hybridized carbons (Fsp3) is 0. The van der Waals surface area contributed by atoms with E-state index in [0.717, 1.165) is 83.5 Å². The SMILES string of the molecule is c1ccc(-c2nc3c(ccc4c5ccc(-c6cccc(-c7nc8ccccc8n7-c7ccccc7)c6)cc5n(-c5ccccc5)c43)c3ccccc23)cc1. The number of rotatable bonds is 5. The Morgan fingerprint density at radius 3 is 1.72 bits per heavy atom. The lowest BCUT2D eigenvalue weighted by atomic mass is 9.98. The lowest BCUT2D eigenvalue weighted by Crippen LogP contribution is -1.97. The van der Waals surface area contributed by atoms with E-state index in [1.165, 1.54) is 16.2 Å². The standard InChI is InChI=1S/C50H32N4/c1-4-15-33(16-5-1)47-41-24-11-10-23-39(41)42-29-30-43-40-28-27-35(32-46(40)53(49(43)48(42)52-47)37-19-6-2-7-20-37)34-17-14-18-36(31-34)50-51-44-25-12-13-26-45(44)54(50)38-21-8-3-9-22-38/h1-32H. The van der Waals surface area contributed by atoms with Gasteiger partial charge in [-0.1, -0.05) is 146 Å². The zero-order chi connectivity index (χ0) is 35.6. The highest BCUT2D eigenvalue weighted by molar-refractivity contribution is 6.23. The van der Waals surface area contributed by atoms with E-state index in [9.17, 15) is 0 Å². The Morgan fingerprint density at radius 2 is 0.926 bits per heavy atom. The van der Waals surface area contributed by atoms with Crippen LogP contribution in [-0.2, 0) is 0 Å². The van der Waals surface area contributed by atoms with Crippen LogP contribution in [0.25, 0.3) is 99.7 Å². The molecule has 4 nitrogen and oxygen atoms in total. The van der Waals surface area contributed by atoms with E-state index in [2.05, 4.69) is 203 Å². The van der Waals surface area contributed by atoms with Gasteiger partial charge in [-0.15, -0.1) is 0 Å². The molecule has 3 aromatic heterocycles. The fourth-order valence-electron chi connectivity index (χ4n) is 8.25. The Kier molecular flexibility index (Phi) is 6.82. The van der Waals surface area contributed by atoms with Crippen molar-refractivity contribution in [2.45, 2.75) is 0 Å². The Labute approximate surface area is 311 Å². The normalized spacial score (nSPS) is 11.7. The molecule has 0 amide bonds. The molecule has 0 fully saturated rings. The van der Waals surface area contributed by atoms with Gasteiger partial charge in [0, 0.05) is 44.0 Å². The molecule has 0 atom stereocenters. The lowest BCUT2D eigenvalue weighted by Gasteiger charge is -2.13. The van der Waals surface area contributed by atoms with Gasteiger partial charge in [-0.25, -0.2) is 9.97 Å². The zero-order valence-corrected chi connectivity index (χ0v) is 29.3. The first-order valence-electron chi connectivity index (χ1n) is 18.3. The van der Waals surface area contributed by atoms with E-state index in [1.807, 2.05) is 0 Å². The van der Waals surface area contributed by atoms with Crippen molar-refractivity contribution in [2.75, 3.05) is 0 Å². The molecule has 11 rings (SSSR count). The predicted molar refractivity (Wildman–Crippen MR) is 225 cm³/mol. The van der Waals surface area contributed by atoms with Gasteiger partial charge in [-0.2, -0.15) is 0 Å². The molecule has 0 spiro atoms. The fourth-order valence-corrected chi connectivity index (χ4v) is 8.25. The number of aromatic nitrogens is 4. The van der Waals surface area contributed by atoms with E-state index in [1.54, 1.807) is 0 Å². The molecule has 0 bridgehead atoms. The summed E-state index contributed by atoms with van der Waals surface area (Å²) in [7, 11) is 0. The monoisotopic (exact) mass is 688 g/mol. The van der Waals surface area contributed by atoms with Crippen LogP contribution in [0.1, 0.15) is 0 Å². The third kappa shape index (κ3) is 4.70. The van der Waals surface area contributed by atoms with Crippen molar-refractivity contribution in [1.82, 2.24) is 19.1 Å². The number of imidazole rings is 1. The summed E-state index contributed by atoms with van der Waals surface area (Å²) in [6.07, 6.45) is 0. The first-order valence-corrected chi connectivity index (χ1v) is 18.3. The van der Waals surface area contributed by atoms with Crippen molar-refractivity contribution in [1.29, 1.82) is 0 Å². The van der Waals surface area contributed by atoms with Gasteiger partial charge in [0.05, 0.1) is 33.3 Å². The topological polar surface area (TPSA) is 35.6 Å². The molecule has 3 heterocycles. The highest BCUT2D eigenvalue weighted by Gasteiger charge is 2.20. The molecule has 11 aromatic rings. The minimum absolute atomic E-state index is 0.919. The molecule has 54 heavy (non-hydrogen) atoms. The Balaban J connectivity index is 1.16. The van der Waals surface area contributed by atoms with Gasteiger partial charge < -0.3 is 4.57 Å². The molecular weight excluding hydrogens is 657 g/mol. The molecule has 8 aromatic carbocycles. The minimum atomic E-state index is 0.919. The Hall–Kier alpha value is -7.30. The van der Waals surface area contributed by atoms with Crippen LogP contribution in [0.2, 0.25) is 0 Å². The van der Waals surface area contributed by atoms with Crippen LogP contribution < -0.4 is 0 Å². The second-order valence-electron chi connectivity index (χ2n) is 13.8. The maximum Gasteiger partial charge on any atom is 0.145 e. The summed E-state index contributed by atoms with van der Waals surface area (Å²) in [4.78, 5) is 10.7. The maximum absolute atomic E-state index is 5.53. The van der Waals surface area contributed by atoms with Crippen molar-refractivity contribution >= 4 is 54.5 Å². The van der Waals surface area contributed by atoms with E-state index in [-0.39, 0.29) is 0 Å². The number of pyridine rings is 1. The van der Waals surface area contributed by atoms with Gasteiger partial charge in [0.1, 0.15) is 5.82 Å². The van der Waals surface area contributed by atoms with Crippen LogP contribution in [0, 0.1) is 0 Å². The van der Waals surface area contributed by atoms with Crippen LogP contribution in [0.4, 0.5) is 0 Å². The van der Waals surface area contributed by atoms with Gasteiger partial charge in [0.15, 0.2) is 0 Å². The van der Waals surface area contributed by atoms with Crippen molar-refractivity contribution in [3.8, 4) is 45.1 Å². The van der Waals surface area contributed by atoms with E-state index in [4.69, 9.17) is 9.97 Å². The van der Waals surface area contributed by atoms with Gasteiger partial charge in [-0.3, -0.25) is 4.57 Å². The average molecular weight is 689 g/mol. The summed E-state index contributed by atoms with van der Waals surface area (Å²) in [5, 5.41) is 5.87. The van der Waals surface area contributed by atoms with Gasteiger partial charge >= 0.3 is 0 Å². The number of hydrogen-bond donors (Lipinski definition) is 0. The van der Waals surface area contributed by atoms with Crippen LogP contribution in [0.15, 0.2) is 194 Å². The quantitative estimate of drug-likeness (QED) is 0.169. The summed E-state index contributed by atoms with van der Waals surface area (Å²) >= 11 is 0. The summed E-state index contributed by atoms with van der Waals surface area (Å²) < 4.78 is 4.67. The molecule has 0 N–H and O–H groups in total. The van der Waals surface area contributed by atoms with Crippen LogP contribution in [0.5, 0.6) is 0 Å². The van der Waals surface area contributed by atoms with E-state index >= 15 is 0 Å². The Bertz CT molecular complexity index is 3200. The average Bonchev–Trinajstić information content (AvgIpc) is 3.81. The number of hydrogen-bond acceptors (Lipinski definition) is 2. The number of nitrogens with zero attached hydrogens (tertiary/aromatic N) is 4. The van der Waals surface area contributed by atoms with E-state index < -0.39 is 0 Å². The second kappa shape index (κ2) is 12.1. The zero-order valence-electron chi connectivity index (χ0n) is 29.3. The van der Waals surface area contributed by atoms with Crippen molar-refractivity contribution in [2.24, 2.45) is 0 Å². The molecule has 0 aliphatic rings. The second-order valence-corrected chi connectivity index (χ2v) is 13.8. The first-order chi connectivity index (χ1) is 26.8. The molecule has 0 saturated carbocycles. The van der Waals surface area contributed by atoms with Crippen molar-refractivity contribution in [3.63, 3.8) is 0 Å². The smallest absolute Gasteiger partial charge is 0.145 e. The van der Waals surface area contributed by atoms with Crippen molar-refractivity contribution < 1.29 is 0 Å². The highest BCUT2D eigenvalue weighted by Crippen LogP contribution is 2.41. The number of para-hydroxylation sites is 4. The summed E-state index contributed by atoms with van der Waals surface area (Å²) in [5.74, 6) is 0.919. The molecule has 0 aliphatic carbocycles. The molecule has 0 saturated heterocycles. The number of benzene rings is 8. The molecule has 0 unspecified atom stereocenters. The highest BCUT2D eigenvalue weighted by atomic mass is 15.1. The maximum atomic E-state index is 5.53. The minimum Gasteiger partial charge on any atom is -0.307 e. The van der Waals surface area contributed by atoms with Crippen LogP contribution in [-0.4, -0.2) is 19.1 Å². The van der Waals surface area contributed by atoms with Gasteiger partial charge in [0.25, 0.3) is 0 Å². The van der Waals surface area contributed by atoms with Crippen molar-refractivity contribution in [3.05, 3.63) is 194 Å². The molecular formula is C50H32N4. The summed E-state index contributed by atoms with van der Waals surface area (Å²) in [5.41, 5.74) is 12.9. The van der Waals surface area contributed by atoms with E-state index in [0.29, 0.717) is 0 Å². The third-order valence-corrected chi connectivity index (χ3v) is 10.7. The number of fused-ring (bicyclic) bond motifs is 8. The lowest BCUT2D eigenvalue weighted by molar-refractivity contribution is 1.10. The molecule has 0 radical (unpaired) electrons. The first kappa shape index (κ1) is 30.3. The van der Waals surface area contributed by atoms with Gasteiger partial charge in [-0.05, 0) is 65.0 Å². The largest absolute Gasteiger partial charge is 0.307 e. The third-order valence-electron chi connectivity index (χ3n) is 10.7. The van der Waals surface area contributed by atoms with Crippen LogP contribution in [0.3, 0.4) is 0 Å². The summed E-state index contributed by atoms with van der Waals surface area (Å²) in [6, 6.07) is 68.9. The predicted octanol–water partition coefficient (Wildman–Crippen LogP) is 12.8. The Morgan fingerprint density at radius 1 is 0.333 bits per heavy atom.